The van der Waals surface area contributed by atoms with Crippen LogP contribution in [0, 0.1) is 5.92 Å². The molecule has 1 aromatic rings. The fourth-order valence-corrected chi connectivity index (χ4v) is 3.99. The predicted molar refractivity (Wildman–Crippen MR) is 89.6 cm³/mol. The Balaban J connectivity index is 1.37. The summed E-state index contributed by atoms with van der Waals surface area (Å²) in [5.74, 6) is 1.60. The second kappa shape index (κ2) is 7.66. The minimum atomic E-state index is -0.144. The number of aliphatic hydroxyl groups is 1. The average molecular weight is 305 g/mol. The molecule has 2 N–H and O–H groups in total. The van der Waals surface area contributed by atoms with Gasteiger partial charge in [-0.3, -0.25) is 0 Å². The van der Waals surface area contributed by atoms with Crippen LogP contribution in [-0.2, 0) is 6.54 Å². The highest BCUT2D eigenvalue weighted by Crippen LogP contribution is 2.30. The number of thioether (sulfide) groups is 1. The van der Waals surface area contributed by atoms with Gasteiger partial charge in [-0.15, -0.1) is 11.8 Å². The molecule has 0 heterocycles. The van der Waals surface area contributed by atoms with E-state index in [0.29, 0.717) is 0 Å². The van der Waals surface area contributed by atoms with Gasteiger partial charge in [0.05, 0.1) is 6.10 Å². The molecule has 0 radical (unpaired) electrons. The summed E-state index contributed by atoms with van der Waals surface area (Å²) in [5.41, 5.74) is 1.36. The molecule has 2 nitrogen and oxygen atoms in total. The highest BCUT2D eigenvalue weighted by Gasteiger charge is 2.20. The SMILES string of the molecule is OC(CSc1ccc(CNC2CC2)cc1)CC1CCCC1. The van der Waals surface area contributed by atoms with Crippen LogP contribution in [0.3, 0.4) is 0 Å². The van der Waals surface area contributed by atoms with Gasteiger partial charge in [0.25, 0.3) is 0 Å². The van der Waals surface area contributed by atoms with Crippen molar-refractivity contribution in [3.63, 3.8) is 0 Å². The van der Waals surface area contributed by atoms with Gasteiger partial charge >= 0.3 is 0 Å². The third-order valence-electron chi connectivity index (χ3n) is 4.62. The molecule has 21 heavy (non-hydrogen) atoms. The molecular formula is C18H27NOS. The molecule has 2 aliphatic carbocycles. The zero-order chi connectivity index (χ0) is 14.5. The van der Waals surface area contributed by atoms with Crippen molar-refractivity contribution in [2.24, 2.45) is 5.92 Å². The normalized spacial score (nSPS) is 20.8. The lowest BCUT2D eigenvalue weighted by atomic mass is 10.0. The Kier molecular flexibility index (Phi) is 5.61. The van der Waals surface area contributed by atoms with Crippen LogP contribution in [0.25, 0.3) is 0 Å². The lowest BCUT2D eigenvalue weighted by Crippen LogP contribution is -2.15. The summed E-state index contributed by atoms with van der Waals surface area (Å²) in [7, 11) is 0. The summed E-state index contributed by atoms with van der Waals surface area (Å²) >= 11 is 1.79. The standard InChI is InChI=1S/C18H27NOS/c20-17(11-14-3-1-2-4-14)13-21-18-9-5-15(6-10-18)12-19-16-7-8-16/h5-6,9-10,14,16-17,19-20H,1-4,7-8,11-13H2. The fraction of sp³-hybridized carbons (Fsp3) is 0.667. The summed E-state index contributed by atoms with van der Waals surface area (Å²) in [5, 5.41) is 13.7. The molecule has 0 spiro atoms. The molecule has 1 atom stereocenters. The predicted octanol–water partition coefficient (Wildman–Crippen LogP) is 3.97. The lowest BCUT2D eigenvalue weighted by Gasteiger charge is -2.15. The maximum absolute atomic E-state index is 10.1. The first-order valence-electron chi connectivity index (χ1n) is 8.43. The molecule has 1 aromatic carbocycles. The summed E-state index contributed by atoms with van der Waals surface area (Å²) < 4.78 is 0. The molecule has 2 fully saturated rings. The van der Waals surface area contributed by atoms with Gasteiger partial charge in [-0.25, -0.2) is 0 Å². The lowest BCUT2D eigenvalue weighted by molar-refractivity contribution is 0.166. The quantitative estimate of drug-likeness (QED) is 0.713. The minimum Gasteiger partial charge on any atom is -0.392 e. The Labute approximate surface area is 132 Å². The summed E-state index contributed by atoms with van der Waals surface area (Å²) in [6.45, 7) is 0.986. The first kappa shape index (κ1) is 15.4. The second-order valence-electron chi connectivity index (χ2n) is 6.65. The van der Waals surface area contributed by atoms with E-state index in [1.54, 1.807) is 11.8 Å². The monoisotopic (exact) mass is 305 g/mol. The van der Waals surface area contributed by atoms with Crippen LogP contribution in [0.4, 0.5) is 0 Å². The van der Waals surface area contributed by atoms with E-state index in [0.717, 1.165) is 30.7 Å². The smallest absolute Gasteiger partial charge is 0.0636 e. The molecule has 2 aliphatic rings. The van der Waals surface area contributed by atoms with Crippen molar-refractivity contribution in [2.45, 2.75) is 68.5 Å². The molecule has 0 amide bonds. The first-order chi connectivity index (χ1) is 10.3. The van der Waals surface area contributed by atoms with Gasteiger partial charge in [0.15, 0.2) is 0 Å². The van der Waals surface area contributed by atoms with Crippen LogP contribution in [0.1, 0.15) is 50.5 Å². The Morgan fingerprint density at radius 1 is 1.10 bits per heavy atom. The van der Waals surface area contributed by atoms with E-state index >= 15 is 0 Å². The van der Waals surface area contributed by atoms with Crippen LogP contribution in [0.2, 0.25) is 0 Å². The van der Waals surface area contributed by atoms with Gasteiger partial charge in [-0.2, -0.15) is 0 Å². The topological polar surface area (TPSA) is 32.3 Å². The number of aliphatic hydroxyl groups excluding tert-OH is 1. The van der Waals surface area contributed by atoms with E-state index in [1.807, 2.05) is 0 Å². The summed E-state index contributed by atoms with van der Waals surface area (Å²) in [6, 6.07) is 9.57. The Morgan fingerprint density at radius 2 is 1.81 bits per heavy atom. The number of hydrogen-bond acceptors (Lipinski definition) is 3. The van der Waals surface area contributed by atoms with E-state index in [1.165, 1.54) is 49.0 Å². The third-order valence-corrected chi connectivity index (χ3v) is 5.78. The Morgan fingerprint density at radius 3 is 2.48 bits per heavy atom. The van der Waals surface area contributed by atoms with Gasteiger partial charge < -0.3 is 10.4 Å². The molecular weight excluding hydrogens is 278 g/mol. The zero-order valence-electron chi connectivity index (χ0n) is 12.8. The van der Waals surface area contributed by atoms with Crippen LogP contribution < -0.4 is 5.32 Å². The van der Waals surface area contributed by atoms with Crippen molar-refractivity contribution in [3.8, 4) is 0 Å². The minimum absolute atomic E-state index is 0.144. The molecule has 0 bridgehead atoms. The van der Waals surface area contributed by atoms with Gasteiger partial charge in [-0.1, -0.05) is 37.8 Å². The van der Waals surface area contributed by atoms with E-state index < -0.39 is 0 Å². The van der Waals surface area contributed by atoms with E-state index in [4.69, 9.17) is 0 Å². The van der Waals surface area contributed by atoms with E-state index in [2.05, 4.69) is 29.6 Å². The Hall–Kier alpha value is -0.510. The highest BCUT2D eigenvalue weighted by molar-refractivity contribution is 7.99. The maximum atomic E-state index is 10.1. The average Bonchev–Trinajstić information content (AvgIpc) is 3.20. The number of rotatable bonds is 8. The van der Waals surface area contributed by atoms with Crippen LogP contribution in [-0.4, -0.2) is 23.0 Å². The maximum Gasteiger partial charge on any atom is 0.0636 e. The fourth-order valence-electron chi connectivity index (χ4n) is 3.14. The van der Waals surface area contributed by atoms with Crippen molar-refractivity contribution in [1.29, 1.82) is 0 Å². The number of benzene rings is 1. The zero-order valence-corrected chi connectivity index (χ0v) is 13.6. The molecule has 2 saturated carbocycles. The summed E-state index contributed by atoms with van der Waals surface area (Å²) in [4.78, 5) is 1.27. The van der Waals surface area contributed by atoms with Crippen molar-refractivity contribution >= 4 is 11.8 Å². The highest BCUT2D eigenvalue weighted by atomic mass is 32.2. The largest absolute Gasteiger partial charge is 0.392 e. The molecule has 0 saturated heterocycles. The Bertz CT molecular complexity index is 423. The number of hydrogen-bond donors (Lipinski definition) is 2. The van der Waals surface area contributed by atoms with Gasteiger partial charge in [-0.05, 0) is 42.9 Å². The first-order valence-corrected chi connectivity index (χ1v) is 9.41. The van der Waals surface area contributed by atoms with Gasteiger partial charge in [0, 0.05) is 23.2 Å². The van der Waals surface area contributed by atoms with Crippen molar-refractivity contribution < 1.29 is 5.11 Å². The van der Waals surface area contributed by atoms with Crippen molar-refractivity contribution in [3.05, 3.63) is 29.8 Å². The molecule has 0 aromatic heterocycles. The second-order valence-corrected chi connectivity index (χ2v) is 7.74. The van der Waals surface area contributed by atoms with Crippen molar-refractivity contribution in [1.82, 2.24) is 5.32 Å². The molecule has 0 aliphatic heterocycles. The number of nitrogens with one attached hydrogen (secondary N) is 1. The van der Waals surface area contributed by atoms with E-state index in [9.17, 15) is 5.11 Å². The van der Waals surface area contributed by atoms with Gasteiger partial charge in [0.2, 0.25) is 0 Å². The molecule has 116 valence electrons. The van der Waals surface area contributed by atoms with E-state index in [-0.39, 0.29) is 6.10 Å². The van der Waals surface area contributed by atoms with Crippen molar-refractivity contribution in [2.75, 3.05) is 5.75 Å². The van der Waals surface area contributed by atoms with Crippen LogP contribution in [0.5, 0.6) is 0 Å². The summed E-state index contributed by atoms with van der Waals surface area (Å²) in [6.07, 6.45) is 8.90. The molecule has 3 heteroatoms. The van der Waals surface area contributed by atoms with Gasteiger partial charge in [0.1, 0.15) is 0 Å². The van der Waals surface area contributed by atoms with Crippen LogP contribution >= 0.6 is 11.8 Å². The third kappa shape index (κ3) is 5.32. The molecule has 3 rings (SSSR count). The van der Waals surface area contributed by atoms with Crippen LogP contribution in [0.15, 0.2) is 29.2 Å². The molecule has 1 unspecified atom stereocenters.